The Hall–Kier alpha value is -1.88. The minimum Gasteiger partial charge on any atom is -0.389 e. The Morgan fingerprint density at radius 2 is 1.84 bits per heavy atom. The van der Waals surface area contributed by atoms with E-state index in [-0.39, 0.29) is 5.91 Å². The predicted octanol–water partition coefficient (Wildman–Crippen LogP) is 4.23. The lowest BCUT2D eigenvalue weighted by atomic mass is 9.97. The number of carbonyl (C=O) groups is 1. The molecule has 0 heterocycles. The highest BCUT2D eigenvalue weighted by atomic mass is 35.5. The van der Waals surface area contributed by atoms with Crippen molar-refractivity contribution < 1.29 is 9.90 Å². The smallest absolute Gasteiger partial charge is 0.257 e. The first-order valence-electron chi connectivity index (χ1n) is 8.55. The summed E-state index contributed by atoms with van der Waals surface area (Å²) in [5, 5.41) is 16.9. The van der Waals surface area contributed by atoms with Gasteiger partial charge >= 0.3 is 0 Å². The molecule has 25 heavy (non-hydrogen) atoms. The molecule has 0 spiro atoms. The SMILES string of the molecule is CCC(O)(CC)CNCc1cccc(NC(=O)c2ccccc2Cl)c1. The monoisotopic (exact) mass is 360 g/mol. The number of amides is 1. The second-order valence-corrected chi connectivity index (χ2v) is 6.58. The van der Waals surface area contributed by atoms with E-state index in [1.807, 2.05) is 38.1 Å². The van der Waals surface area contributed by atoms with Gasteiger partial charge in [-0.25, -0.2) is 0 Å². The Balaban J connectivity index is 1.97. The summed E-state index contributed by atoms with van der Waals surface area (Å²) in [5.74, 6) is -0.234. The molecule has 2 aromatic rings. The summed E-state index contributed by atoms with van der Waals surface area (Å²) in [6.45, 7) is 5.13. The number of rotatable bonds is 8. The molecule has 4 nitrogen and oxygen atoms in total. The molecule has 2 rings (SSSR count). The van der Waals surface area contributed by atoms with Gasteiger partial charge < -0.3 is 15.7 Å². The van der Waals surface area contributed by atoms with E-state index >= 15 is 0 Å². The van der Waals surface area contributed by atoms with Crippen molar-refractivity contribution >= 4 is 23.2 Å². The Kier molecular flexibility index (Phi) is 7.00. The number of carbonyl (C=O) groups excluding carboxylic acids is 1. The molecule has 134 valence electrons. The van der Waals surface area contributed by atoms with Crippen LogP contribution in [0.25, 0.3) is 0 Å². The van der Waals surface area contributed by atoms with Gasteiger partial charge in [0, 0.05) is 18.8 Å². The summed E-state index contributed by atoms with van der Waals surface area (Å²) in [6, 6.07) is 14.6. The molecule has 5 heteroatoms. The maximum absolute atomic E-state index is 12.3. The Morgan fingerprint density at radius 1 is 1.12 bits per heavy atom. The molecule has 0 atom stereocenters. The maximum Gasteiger partial charge on any atom is 0.257 e. The average molecular weight is 361 g/mol. The van der Waals surface area contributed by atoms with Gasteiger partial charge in [0.15, 0.2) is 0 Å². The zero-order valence-electron chi connectivity index (χ0n) is 14.7. The number of anilines is 1. The maximum atomic E-state index is 12.3. The molecule has 2 aromatic carbocycles. The van der Waals surface area contributed by atoms with Crippen LogP contribution in [0.15, 0.2) is 48.5 Å². The van der Waals surface area contributed by atoms with E-state index in [9.17, 15) is 9.90 Å². The van der Waals surface area contributed by atoms with Crippen molar-refractivity contribution in [2.24, 2.45) is 0 Å². The molecule has 0 aromatic heterocycles. The van der Waals surface area contributed by atoms with Crippen molar-refractivity contribution in [1.82, 2.24) is 5.32 Å². The molecule has 0 saturated carbocycles. The summed E-state index contributed by atoms with van der Waals surface area (Å²) in [7, 11) is 0. The molecule has 3 N–H and O–H groups in total. The molecule has 0 radical (unpaired) electrons. The van der Waals surface area contributed by atoms with E-state index in [0.717, 1.165) is 5.56 Å². The number of nitrogens with one attached hydrogen (secondary N) is 2. The van der Waals surface area contributed by atoms with E-state index in [0.29, 0.717) is 42.2 Å². The van der Waals surface area contributed by atoms with Crippen LogP contribution in [0, 0.1) is 0 Å². The fourth-order valence-electron chi connectivity index (χ4n) is 2.54. The summed E-state index contributed by atoms with van der Waals surface area (Å²) < 4.78 is 0. The van der Waals surface area contributed by atoms with Gasteiger partial charge in [-0.2, -0.15) is 0 Å². The molecule has 0 saturated heterocycles. The largest absolute Gasteiger partial charge is 0.389 e. The van der Waals surface area contributed by atoms with Gasteiger partial charge in [0.1, 0.15) is 0 Å². The summed E-state index contributed by atoms with van der Waals surface area (Å²) >= 11 is 6.06. The van der Waals surface area contributed by atoms with Crippen LogP contribution >= 0.6 is 11.6 Å². The van der Waals surface area contributed by atoms with Gasteiger partial charge in [-0.1, -0.05) is 49.7 Å². The van der Waals surface area contributed by atoms with Crippen LogP contribution in [0.3, 0.4) is 0 Å². The van der Waals surface area contributed by atoms with Crippen molar-refractivity contribution in [3.63, 3.8) is 0 Å². The molecule has 0 aliphatic rings. The molecule has 0 aliphatic heterocycles. The standard InChI is InChI=1S/C20H25ClN2O2/c1-3-20(25,4-2)14-22-13-15-8-7-9-16(12-15)23-19(24)17-10-5-6-11-18(17)21/h5-12,22,25H,3-4,13-14H2,1-2H3,(H,23,24). The van der Waals surface area contributed by atoms with Gasteiger partial charge in [0.25, 0.3) is 5.91 Å². The van der Waals surface area contributed by atoms with Crippen LogP contribution in [0.5, 0.6) is 0 Å². The Labute approximate surface area is 154 Å². The fourth-order valence-corrected chi connectivity index (χ4v) is 2.76. The normalized spacial score (nSPS) is 11.4. The molecule has 0 fully saturated rings. The summed E-state index contributed by atoms with van der Waals surface area (Å²) in [5.41, 5.74) is 1.52. The number of hydrogen-bond donors (Lipinski definition) is 3. The molecule has 0 aliphatic carbocycles. The quantitative estimate of drug-likeness (QED) is 0.660. The lowest BCUT2D eigenvalue weighted by Crippen LogP contribution is -2.39. The van der Waals surface area contributed by atoms with Gasteiger partial charge in [-0.15, -0.1) is 0 Å². The lowest BCUT2D eigenvalue weighted by molar-refractivity contribution is 0.0323. The third-order valence-corrected chi connectivity index (χ3v) is 4.73. The fraction of sp³-hybridized carbons (Fsp3) is 0.350. The van der Waals surface area contributed by atoms with Crippen molar-refractivity contribution in [3.8, 4) is 0 Å². The molecular weight excluding hydrogens is 336 g/mol. The zero-order valence-corrected chi connectivity index (χ0v) is 15.4. The number of benzene rings is 2. The molecular formula is C20H25ClN2O2. The van der Waals surface area contributed by atoms with E-state index in [1.54, 1.807) is 24.3 Å². The van der Waals surface area contributed by atoms with Crippen molar-refractivity contribution in [2.45, 2.75) is 38.8 Å². The first-order chi connectivity index (χ1) is 12.0. The Morgan fingerprint density at radius 3 is 2.52 bits per heavy atom. The number of aliphatic hydroxyl groups is 1. The van der Waals surface area contributed by atoms with E-state index in [2.05, 4.69) is 10.6 Å². The summed E-state index contributed by atoms with van der Waals surface area (Å²) in [6.07, 6.45) is 1.43. The molecule has 0 unspecified atom stereocenters. The second-order valence-electron chi connectivity index (χ2n) is 6.17. The van der Waals surface area contributed by atoms with E-state index in [4.69, 9.17) is 11.6 Å². The highest BCUT2D eigenvalue weighted by molar-refractivity contribution is 6.34. The first-order valence-corrected chi connectivity index (χ1v) is 8.93. The third kappa shape index (κ3) is 5.56. The van der Waals surface area contributed by atoms with Crippen molar-refractivity contribution in [3.05, 3.63) is 64.7 Å². The van der Waals surface area contributed by atoms with Crippen LogP contribution in [-0.2, 0) is 6.54 Å². The third-order valence-electron chi connectivity index (χ3n) is 4.40. The lowest BCUT2D eigenvalue weighted by Gasteiger charge is -2.25. The minimum absolute atomic E-state index is 0.234. The van der Waals surface area contributed by atoms with Gasteiger partial charge in [0.05, 0.1) is 16.2 Å². The number of halogens is 1. The van der Waals surface area contributed by atoms with Crippen LogP contribution < -0.4 is 10.6 Å². The van der Waals surface area contributed by atoms with Crippen LogP contribution in [0.4, 0.5) is 5.69 Å². The molecule has 1 amide bonds. The zero-order chi connectivity index (χ0) is 18.3. The second kappa shape index (κ2) is 8.99. The molecule has 0 bridgehead atoms. The van der Waals surface area contributed by atoms with E-state index in [1.165, 1.54) is 0 Å². The van der Waals surface area contributed by atoms with Crippen LogP contribution in [-0.4, -0.2) is 23.2 Å². The predicted molar refractivity (Wildman–Crippen MR) is 103 cm³/mol. The van der Waals surface area contributed by atoms with Crippen LogP contribution in [0.1, 0.15) is 42.6 Å². The highest BCUT2D eigenvalue weighted by Gasteiger charge is 2.21. The highest BCUT2D eigenvalue weighted by Crippen LogP contribution is 2.18. The van der Waals surface area contributed by atoms with Crippen molar-refractivity contribution in [1.29, 1.82) is 0 Å². The van der Waals surface area contributed by atoms with Gasteiger partial charge in [-0.3, -0.25) is 4.79 Å². The minimum atomic E-state index is -0.671. The number of hydrogen-bond acceptors (Lipinski definition) is 3. The van der Waals surface area contributed by atoms with Gasteiger partial charge in [0.2, 0.25) is 0 Å². The topological polar surface area (TPSA) is 61.4 Å². The first kappa shape index (κ1) is 19.4. The van der Waals surface area contributed by atoms with Crippen LogP contribution in [0.2, 0.25) is 5.02 Å². The average Bonchev–Trinajstić information content (AvgIpc) is 2.62. The Bertz CT molecular complexity index is 714. The van der Waals surface area contributed by atoms with Crippen molar-refractivity contribution in [2.75, 3.05) is 11.9 Å². The van der Waals surface area contributed by atoms with Gasteiger partial charge in [-0.05, 0) is 42.7 Å². The van der Waals surface area contributed by atoms with E-state index < -0.39 is 5.60 Å². The summed E-state index contributed by atoms with van der Waals surface area (Å²) in [4.78, 5) is 12.3.